The summed E-state index contributed by atoms with van der Waals surface area (Å²) in [5.74, 6) is -0.313. The van der Waals surface area contributed by atoms with Crippen LogP contribution in [-0.4, -0.2) is 25.6 Å². The number of amides is 1. The van der Waals surface area contributed by atoms with Crippen LogP contribution in [0, 0.1) is 0 Å². The Kier molecular flexibility index (Phi) is 5.00. The van der Waals surface area contributed by atoms with Gasteiger partial charge in [-0.2, -0.15) is 0 Å². The molecule has 0 saturated heterocycles. The van der Waals surface area contributed by atoms with Gasteiger partial charge >= 0.3 is 5.97 Å². The van der Waals surface area contributed by atoms with Crippen molar-refractivity contribution in [3.05, 3.63) is 29.8 Å². The molecule has 0 aliphatic heterocycles. The molecule has 92 valence electrons. The number of esters is 1. The third-order valence-corrected chi connectivity index (χ3v) is 2.15. The van der Waals surface area contributed by atoms with Crippen LogP contribution in [0.15, 0.2) is 24.3 Å². The lowest BCUT2D eigenvalue weighted by molar-refractivity contribution is -0.147. The van der Waals surface area contributed by atoms with Crippen LogP contribution in [0.3, 0.4) is 0 Å². The zero-order chi connectivity index (χ0) is 12.7. The quantitative estimate of drug-likeness (QED) is 0.737. The zero-order valence-electron chi connectivity index (χ0n) is 9.64. The molecule has 2 N–H and O–H groups in total. The van der Waals surface area contributed by atoms with Crippen molar-refractivity contribution in [3.8, 4) is 5.75 Å². The molecule has 0 aliphatic rings. The number of aryl methyl sites for hydroxylation is 1. The molecule has 0 aromatic heterocycles. The summed E-state index contributed by atoms with van der Waals surface area (Å²) in [5.41, 5.74) is 5.85. The van der Waals surface area contributed by atoms with E-state index in [-0.39, 0.29) is 13.0 Å². The first-order valence-electron chi connectivity index (χ1n) is 5.18. The van der Waals surface area contributed by atoms with E-state index >= 15 is 0 Å². The largest absolute Gasteiger partial charge is 0.497 e. The van der Waals surface area contributed by atoms with Crippen molar-refractivity contribution in [1.82, 2.24) is 0 Å². The molecule has 17 heavy (non-hydrogen) atoms. The molecule has 1 amide bonds. The first-order valence-corrected chi connectivity index (χ1v) is 5.18. The summed E-state index contributed by atoms with van der Waals surface area (Å²) in [6, 6.07) is 7.40. The lowest BCUT2D eigenvalue weighted by Gasteiger charge is -2.04. The Morgan fingerprint density at radius 2 is 1.88 bits per heavy atom. The van der Waals surface area contributed by atoms with Gasteiger partial charge in [-0.1, -0.05) is 12.1 Å². The van der Waals surface area contributed by atoms with Crippen molar-refractivity contribution in [2.75, 3.05) is 13.7 Å². The molecule has 5 nitrogen and oxygen atoms in total. The van der Waals surface area contributed by atoms with Gasteiger partial charge in [-0.3, -0.25) is 9.59 Å². The van der Waals surface area contributed by atoms with Crippen molar-refractivity contribution < 1.29 is 19.1 Å². The summed E-state index contributed by atoms with van der Waals surface area (Å²) in [6.07, 6.45) is 0.779. The Hall–Kier alpha value is -2.04. The number of benzene rings is 1. The van der Waals surface area contributed by atoms with Gasteiger partial charge in [0.25, 0.3) is 5.91 Å². The smallest absolute Gasteiger partial charge is 0.306 e. The number of methoxy groups -OCH3 is 1. The van der Waals surface area contributed by atoms with E-state index in [1.807, 2.05) is 24.3 Å². The number of nitrogens with two attached hydrogens (primary N) is 1. The van der Waals surface area contributed by atoms with Crippen LogP contribution >= 0.6 is 0 Å². The van der Waals surface area contributed by atoms with E-state index in [0.717, 1.165) is 11.3 Å². The number of rotatable bonds is 6. The third kappa shape index (κ3) is 5.01. The predicted octanol–water partition coefficient (Wildman–Crippen LogP) is 0.656. The van der Waals surface area contributed by atoms with E-state index in [0.29, 0.717) is 6.42 Å². The van der Waals surface area contributed by atoms with E-state index in [1.54, 1.807) is 7.11 Å². The molecule has 0 heterocycles. The van der Waals surface area contributed by atoms with E-state index < -0.39 is 11.9 Å². The SMILES string of the molecule is COc1ccc(CCC(=O)OCC(N)=O)cc1. The Morgan fingerprint density at radius 1 is 1.24 bits per heavy atom. The highest BCUT2D eigenvalue weighted by molar-refractivity contribution is 5.79. The van der Waals surface area contributed by atoms with Crippen LogP contribution in [-0.2, 0) is 20.7 Å². The molecule has 0 fully saturated rings. The van der Waals surface area contributed by atoms with Crippen molar-refractivity contribution in [2.24, 2.45) is 5.73 Å². The van der Waals surface area contributed by atoms with Crippen LogP contribution in [0.1, 0.15) is 12.0 Å². The summed E-state index contributed by atoms with van der Waals surface area (Å²) in [6.45, 7) is -0.360. The van der Waals surface area contributed by atoms with Gasteiger partial charge in [0.05, 0.1) is 7.11 Å². The number of carbonyl (C=O) groups excluding carboxylic acids is 2. The minimum absolute atomic E-state index is 0.222. The third-order valence-electron chi connectivity index (χ3n) is 2.15. The van der Waals surface area contributed by atoms with E-state index in [4.69, 9.17) is 10.5 Å². The molecule has 0 radical (unpaired) electrons. The maximum absolute atomic E-state index is 11.2. The predicted molar refractivity (Wildman–Crippen MR) is 61.5 cm³/mol. The van der Waals surface area contributed by atoms with Gasteiger partial charge in [-0.05, 0) is 24.1 Å². The fourth-order valence-electron chi connectivity index (χ4n) is 1.26. The molecular formula is C12H15NO4. The topological polar surface area (TPSA) is 78.6 Å². The molecule has 0 saturated carbocycles. The number of hydrogen-bond donors (Lipinski definition) is 1. The van der Waals surface area contributed by atoms with Crippen LogP contribution in [0.5, 0.6) is 5.75 Å². The molecule has 5 heteroatoms. The van der Waals surface area contributed by atoms with E-state index in [1.165, 1.54) is 0 Å². The van der Waals surface area contributed by atoms with Crippen molar-refractivity contribution in [2.45, 2.75) is 12.8 Å². The number of hydrogen-bond acceptors (Lipinski definition) is 4. The highest BCUT2D eigenvalue weighted by atomic mass is 16.5. The van der Waals surface area contributed by atoms with Crippen molar-refractivity contribution in [1.29, 1.82) is 0 Å². The zero-order valence-corrected chi connectivity index (χ0v) is 9.64. The lowest BCUT2D eigenvalue weighted by atomic mass is 10.1. The molecule has 0 bridgehead atoms. The Bertz CT molecular complexity index is 386. The van der Waals surface area contributed by atoms with Gasteiger partial charge in [0.15, 0.2) is 6.61 Å². The van der Waals surface area contributed by atoms with Crippen molar-refractivity contribution >= 4 is 11.9 Å². The average molecular weight is 237 g/mol. The van der Waals surface area contributed by atoms with Crippen molar-refractivity contribution in [3.63, 3.8) is 0 Å². The molecule has 1 aromatic rings. The Balaban J connectivity index is 2.34. The minimum Gasteiger partial charge on any atom is -0.497 e. The summed E-state index contributed by atoms with van der Waals surface area (Å²) in [7, 11) is 1.59. The molecular weight excluding hydrogens is 222 g/mol. The second kappa shape index (κ2) is 6.52. The Labute approximate surface area is 99.5 Å². The highest BCUT2D eigenvalue weighted by Crippen LogP contribution is 2.12. The average Bonchev–Trinajstić information content (AvgIpc) is 2.34. The summed E-state index contributed by atoms with van der Waals surface area (Å²) in [4.78, 5) is 21.6. The molecule has 0 unspecified atom stereocenters. The second-order valence-corrected chi connectivity index (χ2v) is 3.48. The minimum atomic E-state index is -0.650. The standard InChI is InChI=1S/C12H15NO4/c1-16-10-5-2-9(3-6-10)4-7-12(15)17-8-11(13)14/h2-3,5-6H,4,7-8H2,1H3,(H2,13,14). The first-order chi connectivity index (χ1) is 8.11. The number of primary amides is 1. The van der Waals surface area contributed by atoms with Gasteiger partial charge in [0.2, 0.25) is 0 Å². The van der Waals surface area contributed by atoms with Gasteiger partial charge in [-0.25, -0.2) is 0 Å². The van der Waals surface area contributed by atoms with Crippen LogP contribution in [0.4, 0.5) is 0 Å². The van der Waals surface area contributed by atoms with E-state index in [9.17, 15) is 9.59 Å². The highest BCUT2D eigenvalue weighted by Gasteiger charge is 2.05. The summed E-state index contributed by atoms with van der Waals surface area (Å²) >= 11 is 0. The molecule has 0 aliphatic carbocycles. The fraction of sp³-hybridized carbons (Fsp3) is 0.333. The van der Waals surface area contributed by atoms with Crippen LogP contribution < -0.4 is 10.5 Å². The number of carbonyl (C=O) groups is 2. The first kappa shape index (κ1) is 13.0. The van der Waals surface area contributed by atoms with Crippen LogP contribution in [0.25, 0.3) is 0 Å². The Morgan fingerprint density at radius 3 is 2.41 bits per heavy atom. The fourth-order valence-corrected chi connectivity index (χ4v) is 1.26. The maximum Gasteiger partial charge on any atom is 0.306 e. The van der Waals surface area contributed by atoms with Gasteiger partial charge in [-0.15, -0.1) is 0 Å². The number of ether oxygens (including phenoxy) is 2. The van der Waals surface area contributed by atoms with Crippen LogP contribution in [0.2, 0.25) is 0 Å². The molecule has 0 atom stereocenters. The van der Waals surface area contributed by atoms with E-state index in [2.05, 4.69) is 4.74 Å². The second-order valence-electron chi connectivity index (χ2n) is 3.48. The normalized spacial score (nSPS) is 9.71. The van der Waals surface area contributed by atoms with Gasteiger partial charge < -0.3 is 15.2 Å². The maximum atomic E-state index is 11.2. The summed E-state index contributed by atoms with van der Waals surface area (Å²) in [5, 5.41) is 0. The summed E-state index contributed by atoms with van der Waals surface area (Å²) < 4.78 is 9.65. The van der Waals surface area contributed by atoms with Gasteiger partial charge in [0.1, 0.15) is 5.75 Å². The molecule has 0 spiro atoms. The van der Waals surface area contributed by atoms with Gasteiger partial charge in [0, 0.05) is 6.42 Å². The molecule has 1 aromatic carbocycles. The molecule has 1 rings (SSSR count). The lowest BCUT2D eigenvalue weighted by Crippen LogP contribution is -2.21. The monoisotopic (exact) mass is 237 g/mol.